The fourth-order valence-electron chi connectivity index (χ4n) is 2.37. The molecule has 0 bridgehead atoms. The van der Waals surface area contributed by atoms with Crippen molar-refractivity contribution in [2.45, 2.75) is 38.3 Å². The van der Waals surface area contributed by atoms with Crippen LogP contribution in [0.2, 0.25) is 0 Å². The number of carbonyl (C=O) groups excluding carboxylic acids is 1. The van der Waals surface area contributed by atoms with Gasteiger partial charge in [-0.1, -0.05) is 13.3 Å². The highest BCUT2D eigenvalue weighted by molar-refractivity contribution is 5.75. The van der Waals surface area contributed by atoms with Gasteiger partial charge in [-0.25, -0.2) is 0 Å². The molecular weight excluding hydrogens is 190 g/mol. The molecule has 0 amide bonds. The lowest BCUT2D eigenvalue weighted by Crippen LogP contribution is -3.00. The zero-order valence-corrected chi connectivity index (χ0v) is 8.59. The zero-order chi connectivity index (χ0) is 8.55. The van der Waals surface area contributed by atoms with Gasteiger partial charge in [0.05, 0.1) is 6.54 Å². The van der Waals surface area contributed by atoms with Crippen LogP contribution in [0.4, 0.5) is 0 Å². The van der Waals surface area contributed by atoms with Gasteiger partial charge < -0.3 is 22.5 Å². The average Bonchev–Trinajstić information content (AvgIpc) is 2.56. The molecule has 0 aliphatic carbocycles. The fraction of sp³-hybridized carbons (Fsp3) is 0.889. The van der Waals surface area contributed by atoms with E-state index in [1.807, 2.05) is 0 Å². The lowest BCUT2D eigenvalue weighted by atomic mass is 9.95. The molecule has 0 unspecified atom stereocenters. The number of esters is 1. The van der Waals surface area contributed by atoms with E-state index in [0.717, 1.165) is 25.8 Å². The number of carbonyl (C=O) groups is 1. The Labute approximate surface area is 84.6 Å². The number of ether oxygens (including phenoxy) is 1. The minimum Gasteiger partial charge on any atom is -1.00 e. The second-order valence-corrected chi connectivity index (χ2v) is 3.76. The molecule has 0 radical (unpaired) electrons. The van der Waals surface area contributed by atoms with Crippen molar-refractivity contribution in [3.63, 3.8) is 0 Å². The minimum absolute atomic E-state index is 0. The largest absolute Gasteiger partial charge is 1.00 e. The van der Waals surface area contributed by atoms with Crippen LogP contribution in [0.25, 0.3) is 0 Å². The van der Waals surface area contributed by atoms with Crippen molar-refractivity contribution < 1.29 is 27.3 Å². The Balaban J connectivity index is 0.000000845. The molecule has 2 fully saturated rings. The van der Waals surface area contributed by atoms with Crippen LogP contribution in [-0.2, 0) is 9.53 Å². The van der Waals surface area contributed by atoms with Crippen molar-refractivity contribution in [3.8, 4) is 0 Å². The average molecular weight is 206 g/mol. The molecule has 0 saturated carbocycles. The van der Waals surface area contributed by atoms with Crippen molar-refractivity contribution in [1.29, 1.82) is 0 Å². The lowest BCUT2D eigenvalue weighted by Gasteiger charge is -2.08. The van der Waals surface area contributed by atoms with E-state index in [1.165, 1.54) is 0 Å². The third-order valence-corrected chi connectivity index (χ3v) is 2.95. The summed E-state index contributed by atoms with van der Waals surface area (Å²) in [6, 6.07) is 0.442. The molecule has 2 rings (SSSR count). The van der Waals surface area contributed by atoms with Crippen molar-refractivity contribution in [2.24, 2.45) is 5.92 Å². The summed E-state index contributed by atoms with van der Waals surface area (Å²) in [5, 5.41) is 2.27. The van der Waals surface area contributed by atoms with E-state index in [9.17, 15) is 4.79 Å². The summed E-state index contributed by atoms with van der Waals surface area (Å²) in [5.41, 5.74) is 0. The van der Waals surface area contributed by atoms with Gasteiger partial charge in [0.2, 0.25) is 0 Å². The highest BCUT2D eigenvalue weighted by Gasteiger charge is 2.49. The van der Waals surface area contributed by atoms with Gasteiger partial charge in [0.15, 0.2) is 6.10 Å². The molecule has 0 aromatic carbocycles. The van der Waals surface area contributed by atoms with Gasteiger partial charge in [-0.3, -0.25) is 4.79 Å². The van der Waals surface area contributed by atoms with Crippen LogP contribution >= 0.6 is 0 Å². The summed E-state index contributed by atoms with van der Waals surface area (Å²) in [5.74, 6) is 0.227. The fourth-order valence-corrected chi connectivity index (χ4v) is 2.37. The molecule has 4 heteroatoms. The third kappa shape index (κ3) is 1.81. The first kappa shape index (κ1) is 10.8. The van der Waals surface area contributed by atoms with Gasteiger partial charge in [-0.05, 0) is 6.42 Å². The van der Waals surface area contributed by atoms with Crippen LogP contribution in [0.15, 0.2) is 0 Å². The van der Waals surface area contributed by atoms with Crippen LogP contribution in [0, 0.1) is 5.92 Å². The Morgan fingerprint density at radius 3 is 3.08 bits per heavy atom. The first-order valence-corrected chi connectivity index (χ1v) is 4.86. The highest BCUT2D eigenvalue weighted by atomic mass is 35.5. The second-order valence-electron chi connectivity index (χ2n) is 3.76. The van der Waals surface area contributed by atoms with Crippen LogP contribution in [-0.4, -0.2) is 24.7 Å². The maximum absolute atomic E-state index is 11.3. The molecule has 2 heterocycles. The maximum Gasteiger partial charge on any atom is 0.315 e. The molecular formula is C9H16ClNO2. The van der Waals surface area contributed by atoms with Crippen LogP contribution in [0.1, 0.15) is 26.2 Å². The summed E-state index contributed by atoms with van der Waals surface area (Å²) in [4.78, 5) is 11.3. The van der Waals surface area contributed by atoms with Crippen molar-refractivity contribution in [3.05, 3.63) is 0 Å². The number of hydrogen-bond donors (Lipinski definition) is 1. The Hall–Kier alpha value is -0.280. The number of rotatable bonds is 2. The van der Waals surface area contributed by atoms with Crippen LogP contribution in [0.3, 0.4) is 0 Å². The van der Waals surface area contributed by atoms with E-state index in [1.54, 1.807) is 0 Å². The molecule has 76 valence electrons. The topological polar surface area (TPSA) is 42.9 Å². The summed E-state index contributed by atoms with van der Waals surface area (Å²) >= 11 is 0. The number of quaternary nitrogens is 1. The van der Waals surface area contributed by atoms with Gasteiger partial charge in [0, 0.05) is 6.42 Å². The molecule has 13 heavy (non-hydrogen) atoms. The number of fused-ring (bicyclic) bond motifs is 1. The van der Waals surface area contributed by atoms with Gasteiger partial charge >= 0.3 is 5.97 Å². The SMILES string of the molecule is CCC[C@H]1C(=O)O[C@H]2CC[NH2+][C@@H]21.[Cl-]. The number of halogens is 1. The summed E-state index contributed by atoms with van der Waals surface area (Å²) in [6.07, 6.45) is 3.36. The molecule has 3 nitrogen and oxygen atoms in total. The first-order chi connectivity index (χ1) is 5.83. The smallest absolute Gasteiger partial charge is 0.315 e. The Morgan fingerprint density at radius 1 is 1.62 bits per heavy atom. The predicted molar refractivity (Wildman–Crippen MR) is 43.5 cm³/mol. The normalized spacial score (nSPS) is 36.7. The van der Waals surface area contributed by atoms with E-state index >= 15 is 0 Å². The van der Waals surface area contributed by atoms with Crippen molar-refractivity contribution >= 4 is 5.97 Å². The van der Waals surface area contributed by atoms with Gasteiger partial charge in [0.1, 0.15) is 12.0 Å². The third-order valence-electron chi connectivity index (χ3n) is 2.95. The Bertz CT molecular complexity index is 198. The summed E-state index contributed by atoms with van der Waals surface area (Å²) in [6.45, 7) is 3.25. The lowest BCUT2D eigenvalue weighted by molar-refractivity contribution is -0.675. The van der Waals surface area contributed by atoms with E-state index in [2.05, 4.69) is 12.2 Å². The Morgan fingerprint density at radius 2 is 2.38 bits per heavy atom. The predicted octanol–water partition coefficient (Wildman–Crippen LogP) is -3.33. The van der Waals surface area contributed by atoms with E-state index in [4.69, 9.17) is 4.74 Å². The van der Waals surface area contributed by atoms with Gasteiger partial charge in [0.25, 0.3) is 0 Å². The van der Waals surface area contributed by atoms with E-state index in [-0.39, 0.29) is 30.4 Å². The number of hydrogen-bond acceptors (Lipinski definition) is 2. The summed E-state index contributed by atoms with van der Waals surface area (Å²) < 4.78 is 5.28. The van der Waals surface area contributed by atoms with Crippen LogP contribution in [0.5, 0.6) is 0 Å². The molecule has 2 aliphatic rings. The molecule has 2 N–H and O–H groups in total. The first-order valence-electron chi connectivity index (χ1n) is 4.86. The molecule has 0 aromatic heterocycles. The van der Waals surface area contributed by atoms with Gasteiger partial charge in [-0.2, -0.15) is 0 Å². The quantitative estimate of drug-likeness (QED) is 0.480. The highest BCUT2D eigenvalue weighted by Crippen LogP contribution is 2.27. The number of nitrogens with two attached hydrogens (primary N) is 1. The Kier molecular flexibility index (Phi) is 3.56. The van der Waals surface area contributed by atoms with Crippen molar-refractivity contribution in [1.82, 2.24) is 0 Å². The minimum atomic E-state index is 0. The summed E-state index contributed by atoms with van der Waals surface area (Å²) in [7, 11) is 0. The zero-order valence-electron chi connectivity index (χ0n) is 7.83. The van der Waals surface area contributed by atoms with Gasteiger partial charge in [-0.15, -0.1) is 0 Å². The molecule has 2 aliphatic heterocycles. The second kappa shape index (κ2) is 4.29. The molecule has 0 aromatic rings. The van der Waals surface area contributed by atoms with Crippen LogP contribution < -0.4 is 17.7 Å². The van der Waals surface area contributed by atoms with E-state index in [0.29, 0.717) is 6.04 Å². The van der Waals surface area contributed by atoms with Crippen molar-refractivity contribution in [2.75, 3.05) is 6.54 Å². The maximum atomic E-state index is 11.3. The standard InChI is InChI=1S/C9H15NO2.ClH/c1-2-3-6-8-7(4-5-10-8)12-9(6)11;/h6-8,10H,2-5H2,1H3;1H/t6-,7+,8-;/m1./s1. The monoisotopic (exact) mass is 205 g/mol. The molecule has 3 atom stereocenters. The molecule has 0 spiro atoms. The molecule has 2 saturated heterocycles. The van der Waals surface area contributed by atoms with E-state index < -0.39 is 0 Å².